The molecule has 5 heteroatoms. The third-order valence-corrected chi connectivity index (χ3v) is 4.35. The van der Waals surface area contributed by atoms with Gasteiger partial charge in [0.2, 0.25) is 0 Å². The normalized spacial score (nSPS) is 11.9. The highest BCUT2D eigenvalue weighted by Gasteiger charge is 2.20. The number of hydrogen-bond donors (Lipinski definition) is 2. The van der Waals surface area contributed by atoms with Crippen molar-refractivity contribution in [2.24, 2.45) is 5.84 Å². The Bertz CT molecular complexity index is 545. The van der Waals surface area contributed by atoms with Crippen LogP contribution in [0.25, 0.3) is 0 Å². The first kappa shape index (κ1) is 14.1. The highest BCUT2D eigenvalue weighted by atomic mass is 79.9. The SMILES string of the molecule is NNC(=O)C(Sc1ccc(Br)cc1)c1ccccc1. The van der Waals surface area contributed by atoms with Crippen molar-refractivity contribution in [1.29, 1.82) is 0 Å². The average Bonchev–Trinajstić information content (AvgIpc) is 2.47. The first-order valence-corrected chi connectivity index (χ1v) is 7.35. The molecule has 1 atom stereocenters. The van der Waals surface area contributed by atoms with Crippen LogP contribution in [0.1, 0.15) is 10.8 Å². The molecule has 0 fully saturated rings. The van der Waals surface area contributed by atoms with E-state index in [1.54, 1.807) is 0 Å². The minimum atomic E-state index is -0.354. The van der Waals surface area contributed by atoms with Crippen molar-refractivity contribution >= 4 is 33.6 Å². The molecule has 0 aliphatic rings. The zero-order chi connectivity index (χ0) is 13.7. The lowest BCUT2D eigenvalue weighted by Crippen LogP contribution is -2.33. The third kappa shape index (κ3) is 3.83. The number of nitrogens with one attached hydrogen (secondary N) is 1. The van der Waals surface area contributed by atoms with E-state index >= 15 is 0 Å². The molecule has 0 saturated heterocycles. The highest BCUT2D eigenvalue weighted by molar-refractivity contribution is 9.10. The monoisotopic (exact) mass is 336 g/mol. The quantitative estimate of drug-likeness (QED) is 0.390. The molecule has 2 rings (SSSR count). The van der Waals surface area contributed by atoms with Gasteiger partial charge in [0.15, 0.2) is 0 Å². The Morgan fingerprint density at radius 3 is 2.32 bits per heavy atom. The van der Waals surface area contributed by atoms with Crippen molar-refractivity contribution < 1.29 is 4.79 Å². The van der Waals surface area contributed by atoms with Crippen LogP contribution < -0.4 is 11.3 Å². The number of amides is 1. The number of hydrogen-bond acceptors (Lipinski definition) is 3. The number of carbonyl (C=O) groups excluding carboxylic acids is 1. The number of rotatable bonds is 4. The molecule has 0 spiro atoms. The fourth-order valence-electron chi connectivity index (χ4n) is 1.63. The highest BCUT2D eigenvalue weighted by Crippen LogP contribution is 2.35. The molecule has 0 aliphatic heterocycles. The molecule has 0 radical (unpaired) electrons. The molecule has 0 aliphatic carbocycles. The predicted molar refractivity (Wildman–Crippen MR) is 81.5 cm³/mol. The first-order chi connectivity index (χ1) is 9.20. The minimum Gasteiger partial charge on any atom is -0.293 e. The number of carbonyl (C=O) groups is 1. The maximum atomic E-state index is 11.9. The van der Waals surface area contributed by atoms with Gasteiger partial charge in [-0.25, -0.2) is 5.84 Å². The van der Waals surface area contributed by atoms with Crippen molar-refractivity contribution in [3.8, 4) is 0 Å². The molecule has 0 heterocycles. The maximum Gasteiger partial charge on any atom is 0.251 e. The van der Waals surface area contributed by atoms with Gasteiger partial charge in [0.05, 0.1) is 0 Å². The lowest BCUT2D eigenvalue weighted by atomic mass is 10.1. The van der Waals surface area contributed by atoms with E-state index in [0.29, 0.717) is 0 Å². The van der Waals surface area contributed by atoms with Gasteiger partial charge in [-0.15, -0.1) is 11.8 Å². The van der Waals surface area contributed by atoms with Gasteiger partial charge in [-0.05, 0) is 29.8 Å². The van der Waals surface area contributed by atoms with E-state index in [2.05, 4.69) is 21.4 Å². The minimum absolute atomic E-state index is 0.209. The van der Waals surface area contributed by atoms with Gasteiger partial charge in [0.1, 0.15) is 5.25 Å². The van der Waals surface area contributed by atoms with E-state index in [1.807, 2.05) is 54.6 Å². The second-order valence-electron chi connectivity index (χ2n) is 3.87. The smallest absolute Gasteiger partial charge is 0.251 e. The maximum absolute atomic E-state index is 11.9. The summed E-state index contributed by atoms with van der Waals surface area (Å²) in [6.45, 7) is 0. The van der Waals surface area contributed by atoms with Crippen LogP contribution in [0.2, 0.25) is 0 Å². The molecule has 98 valence electrons. The molecule has 1 amide bonds. The van der Waals surface area contributed by atoms with Crippen molar-refractivity contribution in [1.82, 2.24) is 5.43 Å². The summed E-state index contributed by atoms with van der Waals surface area (Å²) in [5.41, 5.74) is 3.16. The third-order valence-electron chi connectivity index (χ3n) is 2.55. The van der Waals surface area contributed by atoms with E-state index in [0.717, 1.165) is 14.9 Å². The van der Waals surface area contributed by atoms with E-state index in [4.69, 9.17) is 5.84 Å². The summed E-state index contributed by atoms with van der Waals surface area (Å²) in [5.74, 6) is 5.06. The summed E-state index contributed by atoms with van der Waals surface area (Å²) < 4.78 is 1.01. The van der Waals surface area contributed by atoms with Gasteiger partial charge >= 0.3 is 0 Å². The molecule has 3 N–H and O–H groups in total. The Hall–Kier alpha value is -1.30. The van der Waals surface area contributed by atoms with Crippen LogP contribution in [0.3, 0.4) is 0 Å². The van der Waals surface area contributed by atoms with Gasteiger partial charge < -0.3 is 0 Å². The van der Waals surface area contributed by atoms with Gasteiger partial charge in [0, 0.05) is 9.37 Å². The van der Waals surface area contributed by atoms with Crippen LogP contribution in [0.5, 0.6) is 0 Å². The topological polar surface area (TPSA) is 55.1 Å². The molecule has 2 aromatic rings. The number of nitrogens with two attached hydrogens (primary N) is 1. The fourth-order valence-corrected chi connectivity index (χ4v) is 2.92. The van der Waals surface area contributed by atoms with E-state index in [1.165, 1.54) is 11.8 Å². The molecular formula is C14H13BrN2OS. The zero-order valence-corrected chi connectivity index (χ0v) is 12.4. The first-order valence-electron chi connectivity index (χ1n) is 5.68. The lowest BCUT2D eigenvalue weighted by Gasteiger charge is -2.15. The number of benzene rings is 2. The fraction of sp³-hybridized carbons (Fsp3) is 0.0714. The molecule has 3 nitrogen and oxygen atoms in total. The molecule has 1 unspecified atom stereocenters. The van der Waals surface area contributed by atoms with Crippen molar-refractivity contribution in [2.45, 2.75) is 10.1 Å². The molecule has 0 bridgehead atoms. The molecule has 0 saturated carbocycles. The molecular weight excluding hydrogens is 324 g/mol. The Morgan fingerprint density at radius 1 is 1.11 bits per heavy atom. The van der Waals surface area contributed by atoms with Crippen LogP contribution in [0.15, 0.2) is 64.0 Å². The number of hydrazine groups is 1. The number of thioether (sulfide) groups is 1. The van der Waals surface area contributed by atoms with Crippen LogP contribution in [-0.4, -0.2) is 5.91 Å². The summed E-state index contributed by atoms with van der Waals surface area (Å²) in [6, 6.07) is 17.4. The van der Waals surface area contributed by atoms with E-state index in [-0.39, 0.29) is 11.2 Å². The van der Waals surface area contributed by atoms with Crippen LogP contribution in [-0.2, 0) is 4.79 Å². The Balaban J connectivity index is 2.24. The van der Waals surface area contributed by atoms with Crippen LogP contribution in [0, 0.1) is 0 Å². The van der Waals surface area contributed by atoms with Gasteiger partial charge in [-0.3, -0.25) is 10.2 Å². The van der Waals surface area contributed by atoms with Crippen LogP contribution >= 0.6 is 27.7 Å². The summed E-state index contributed by atoms with van der Waals surface area (Å²) >= 11 is 4.86. The molecule has 0 aromatic heterocycles. The molecule has 19 heavy (non-hydrogen) atoms. The standard InChI is InChI=1S/C14H13BrN2OS/c15-11-6-8-12(9-7-11)19-13(14(18)17-16)10-4-2-1-3-5-10/h1-9,13H,16H2,(H,17,18). The predicted octanol–water partition coefficient (Wildman–Crippen LogP) is 3.27. The Labute approximate surface area is 124 Å². The van der Waals surface area contributed by atoms with Crippen molar-refractivity contribution in [3.63, 3.8) is 0 Å². The van der Waals surface area contributed by atoms with E-state index < -0.39 is 0 Å². The van der Waals surface area contributed by atoms with Crippen LogP contribution in [0.4, 0.5) is 0 Å². The van der Waals surface area contributed by atoms with E-state index in [9.17, 15) is 4.79 Å². The summed E-state index contributed by atoms with van der Waals surface area (Å²) in [5, 5.41) is -0.354. The van der Waals surface area contributed by atoms with Gasteiger partial charge in [0.25, 0.3) is 5.91 Å². The van der Waals surface area contributed by atoms with Crippen molar-refractivity contribution in [2.75, 3.05) is 0 Å². The molecule has 2 aromatic carbocycles. The average molecular weight is 337 g/mol. The lowest BCUT2D eigenvalue weighted by molar-refractivity contribution is -0.120. The van der Waals surface area contributed by atoms with Crippen molar-refractivity contribution in [3.05, 3.63) is 64.6 Å². The second-order valence-corrected chi connectivity index (χ2v) is 5.97. The Kier molecular flexibility index (Phi) is 5.01. The summed E-state index contributed by atoms with van der Waals surface area (Å²) in [6.07, 6.45) is 0. The summed E-state index contributed by atoms with van der Waals surface area (Å²) in [4.78, 5) is 12.9. The zero-order valence-electron chi connectivity index (χ0n) is 10.0. The van der Waals surface area contributed by atoms with Gasteiger partial charge in [-0.1, -0.05) is 46.3 Å². The van der Waals surface area contributed by atoms with Gasteiger partial charge in [-0.2, -0.15) is 0 Å². The second kappa shape index (κ2) is 6.75. The Morgan fingerprint density at radius 2 is 1.74 bits per heavy atom. The summed E-state index contributed by atoms with van der Waals surface area (Å²) in [7, 11) is 0. The number of halogens is 1. The largest absolute Gasteiger partial charge is 0.293 e.